The maximum atomic E-state index is 12.7. The van der Waals surface area contributed by atoms with E-state index in [1.54, 1.807) is 0 Å². The van der Waals surface area contributed by atoms with Crippen molar-refractivity contribution in [3.05, 3.63) is 0 Å². The van der Waals surface area contributed by atoms with Gasteiger partial charge in [0.2, 0.25) is 5.91 Å². The van der Waals surface area contributed by atoms with Crippen LogP contribution in [0.2, 0.25) is 0 Å². The molecule has 1 N–H and O–H groups in total. The molecule has 0 saturated heterocycles. The molecule has 0 spiro atoms. The van der Waals surface area contributed by atoms with E-state index in [-0.39, 0.29) is 30.7 Å². The normalized spacial score (nSPS) is 30.1. The Bertz CT molecular complexity index is 310. The first-order chi connectivity index (χ1) is 8.97. The molecule has 2 atom stereocenters. The fourth-order valence-electron chi connectivity index (χ4n) is 3.30. The average Bonchev–Trinajstić information content (AvgIpc) is 2.39. The van der Waals surface area contributed by atoms with Gasteiger partial charge in [-0.3, -0.25) is 4.79 Å². The highest BCUT2D eigenvalue weighted by atomic mass is 19.4. The number of nitrogens with one attached hydrogen (secondary N) is 1. The minimum atomic E-state index is -4.12. The van der Waals surface area contributed by atoms with E-state index in [0.717, 1.165) is 25.7 Å². The van der Waals surface area contributed by atoms with Crippen LogP contribution in [0.25, 0.3) is 0 Å². The maximum Gasteiger partial charge on any atom is 0.391 e. The molecule has 0 aliphatic heterocycles. The number of carbonyl (C=O) groups is 1. The molecule has 0 radical (unpaired) electrons. The molecule has 0 aromatic heterocycles. The van der Waals surface area contributed by atoms with E-state index in [1.807, 2.05) is 0 Å². The summed E-state index contributed by atoms with van der Waals surface area (Å²) in [6.45, 7) is 0. The van der Waals surface area contributed by atoms with Gasteiger partial charge in [-0.1, -0.05) is 25.7 Å². The van der Waals surface area contributed by atoms with Crippen LogP contribution >= 0.6 is 0 Å². The third kappa shape index (κ3) is 4.11. The Morgan fingerprint density at radius 2 is 1.63 bits per heavy atom. The quantitative estimate of drug-likeness (QED) is 0.817. The largest absolute Gasteiger partial charge is 0.391 e. The van der Waals surface area contributed by atoms with Gasteiger partial charge in [-0.15, -0.1) is 0 Å². The third-order valence-corrected chi connectivity index (χ3v) is 4.46. The highest BCUT2D eigenvalue weighted by molar-refractivity contribution is 5.79. The fraction of sp³-hybridized carbons (Fsp3) is 0.929. The zero-order chi connectivity index (χ0) is 13.9. The average molecular weight is 277 g/mol. The van der Waals surface area contributed by atoms with E-state index in [0.29, 0.717) is 12.8 Å². The van der Waals surface area contributed by atoms with Crippen molar-refractivity contribution >= 4 is 5.91 Å². The lowest BCUT2D eigenvalue weighted by Crippen LogP contribution is -2.44. The summed E-state index contributed by atoms with van der Waals surface area (Å²) in [5.74, 6) is -1.23. The van der Waals surface area contributed by atoms with Crippen molar-refractivity contribution in [1.82, 2.24) is 5.32 Å². The van der Waals surface area contributed by atoms with Crippen molar-refractivity contribution in [1.29, 1.82) is 0 Å². The van der Waals surface area contributed by atoms with Crippen LogP contribution in [-0.4, -0.2) is 18.1 Å². The van der Waals surface area contributed by atoms with Crippen LogP contribution < -0.4 is 5.32 Å². The molecule has 2 aliphatic rings. The standard InChI is InChI=1S/C14H22F3NO/c15-14(16,17)11-7-4-8-12(9-11)18-13(19)10-5-2-1-3-6-10/h10-12H,1-9H2,(H,18,19)/t11-,12-/m0/s1. The maximum absolute atomic E-state index is 12.7. The third-order valence-electron chi connectivity index (χ3n) is 4.46. The van der Waals surface area contributed by atoms with Gasteiger partial charge in [-0.2, -0.15) is 13.2 Å². The monoisotopic (exact) mass is 277 g/mol. The molecule has 0 aromatic carbocycles. The molecule has 110 valence electrons. The smallest absolute Gasteiger partial charge is 0.353 e. The Kier molecular flexibility index (Phi) is 4.74. The summed E-state index contributed by atoms with van der Waals surface area (Å²) >= 11 is 0. The second-order valence-electron chi connectivity index (χ2n) is 5.95. The number of hydrogen-bond donors (Lipinski definition) is 1. The summed E-state index contributed by atoms with van der Waals surface area (Å²) in [6, 6.07) is -0.283. The first kappa shape index (κ1) is 14.7. The first-order valence-electron chi connectivity index (χ1n) is 7.34. The Balaban J connectivity index is 1.83. The Morgan fingerprint density at radius 1 is 0.947 bits per heavy atom. The minimum absolute atomic E-state index is 0.0208. The van der Waals surface area contributed by atoms with Crippen molar-refractivity contribution in [2.75, 3.05) is 0 Å². The summed E-state index contributed by atoms with van der Waals surface area (Å²) in [7, 11) is 0. The number of halogens is 3. The number of amides is 1. The molecule has 5 heteroatoms. The summed E-state index contributed by atoms with van der Waals surface area (Å²) in [5.41, 5.74) is 0. The lowest BCUT2D eigenvalue weighted by atomic mass is 9.84. The molecule has 2 saturated carbocycles. The lowest BCUT2D eigenvalue weighted by Gasteiger charge is -2.32. The van der Waals surface area contributed by atoms with Gasteiger partial charge in [0.25, 0.3) is 0 Å². The Morgan fingerprint density at radius 3 is 2.26 bits per heavy atom. The van der Waals surface area contributed by atoms with Gasteiger partial charge < -0.3 is 5.32 Å². The summed E-state index contributed by atoms with van der Waals surface area (Å²) in [4.78, 5) is 12.0. The van der Waals surface area contributed by atoms with Crippen molar-refractivity contribution in [3.8, 4) is 0 Å². The first-order valence-corrected chi connectivity index (χ1v) is 7.34. The second kappa shape index (κ2) is 6.14. The number of alkyl halides is 3. The summed E-state index contributed by atoms with van der Waals surface area (Å²) < 4.78 is 38.1. The highest BCUT2D eigenvalue weighted by Crippen LogP contribution is 2.37. The zero-order valence-corrected chi connectivity index (χ0v) is 11.1. The predicted octanol–water partition coefficient (Wildman–Crippen LogP) is 3.80. The predicted molar refractivity (Wildman–Crippen MR) is 66.5 cm³/mol. The van der Waals surface area contributed by atoms with Crippen LogP contribution in [0.15, 0.2) is 0 Å². The van der Waals surface area contributed by atoms with Crippen molar-refractivity contribution in [2.24, 2.45) is 11.8 Å². The van der Waals surface area contributed by atoms with Crippen LogP contribution in [0.4, 0.5) is 13.2 Å². The molecular formula is C14H22F3NO. The van der Waals surface area contributed by atoms with Gasteiger partial charge >= 0.3 is 6.18 Å². The van der Waals surface area contributed by atoms with Crippen molar-refractivity contribution in [3.63, 3.8) is 0 Å². The van der Waals surface area contributed by atoms with Crippen LogP contribution in [0.5, 0.6) is 0 Å². The second-order valence-corrected chi connectivity index (χ2v) is 5.95. The lowest BCUT2D eigenvalue weighted by molar-refractivity contribution is -0.184. The van der Waals surface area contributed by atoms with E-state index < -0.39 is 12.1 Å². The van der Waals surface area contributed by atoms with Crippen LogP contribution in [-0.2, 0) is 4.79 Å². The molecule has 0 aromatic rings. The van der Waals surface area contributed by atoms with Gasteiger partial charge in [-0.25, -0.2) is 0 Å². The van der Waals surface area contributed by atoms with Crippen molar-refractivity contribution in [2.45, 2.75) is 70.0 Å². The molecule has 0 unspecified atom stereocenters. The SMILES string of the molecule is O=C(N[C@H]1CCC[C@H](C(F)(F)F)C1)C1CCCCC1. The summed E-state index contributed by atoms with van der Waals surface area (Å²) in [5, 5.41) is 2.85. The Hall–Kier alpha value is -0.740. The van der Waals surface area contributed by atoms with Gasteiger partial charge in [0, 0.05) is 12.0 Å². The molecule has 0 heterocycles. The van der Waals surface area contributed by atoms with E-state index in [9.17, 15) is 18.0 Å². The van der Waals surface area contributed by atoms with Crippen LogP contribution in [0.1, 0.15) is 57.8 Å². The van der Waals surface area contributed by atoms with Gasteiger partial charge in [0.15, 0.2) is 0 Å². The molecule has 2 nitrogen and oxygen atoms in total. The zero-order valence-electron chi connectivity index (χ0n) is 11.1. The van der Waals surface area contributed by atoms with Crippen LogP contribution in [0, 0.1) is 11.8 Å². The Labute approximate surface area is 112 Å². The molecule has 2 aliphatic carbocycles. The van der Waals surface area contributed by atoms with Crippen LogP contribution in [0.3, 0.4) is 0 Å². The van der Waals surface area contributed by atoms with E-state index >= 15 is 0 Å². The summed E-state index contributed by atoms with van der Waals surface area (Å²) in [6.07, 6.45) is 2.47. The van der Waals surface area contributed by atoms with E-state index in [4.69, 9.17) is 0 Å². The van der Waals surface area contributed by atoms with Gasteiger partial charge in [0.1, 0.15) is 0 Å². The number of rotatable bonds is 2. The molecule has 0 bridgehead atoms. The fourth-order valence-corrected chi connectivity index (χ4v) is 3.30. The molecule has 1 amide bonds. The van der Waals surface area contributed by atoms with Gasteiger partial charge in [0.05, 0.1) is 5.92 Å². The number of carbonyl (C=O) groups excluding carboxylic acids is 1. The molecule has 2 rings (SSSR count). The topological polar surface area (TPSA) is 29.1 Å². The molecule has 2 fully saturated rings. The van der Waals surface area contributed by atoms with Gasteiger partial charge in [-0.05, 0) is 32.1 Å². The number of hydrogen-bond acceptors (Lipinski definition) is 1. The molecular weight excluding hydrogens is 255 g/mol. The highest BCUT2D eigenvalue weighted by Gasteiger charge is 2.42. The molecule has 19 heavy (non-hydrogen) atoms. The van der Waals surface area contributed by atoms with Crippen molar-refractivity contribution < 1.29 is 18.0 Å². The minimum Gasteiger partial charge on any atom is -0.353 e. The van der Waals surface area contributed by atoms with E-state index in [2.05, 4.69) is 5.32 Å². The van der Waals surface area contributed by atoms with E-state index in [1.165, 1.54) is 6.42 Å².